The summed E-state index contributed by atoms with van der Waals surface area (Å²) in [6.07, 6.45) is 2.23. The predicted octanol–water partition coefficient (Wildman–Crippen LogP) is 5.51. The molecule has 3 nitrogen and oxygen atoms in total. The molecule has 2 rings (SSSR count). The van der Waals surface area contributed by atoms with E-state index >= 15 is 0 Å². The highest BCUT2D eigenvalue weighted by Crippen LogP contribution is 2.25. The Balaban J connectivity index is 1.85. The van der Waals surface area contributed by atoms with Crippen LogP contribution in [0.2, 0.25) is 0 Å². The Morgan fingerprint density at radius 3 is 2.21 bits per heavy atom. The van der Waals surface area contributed by atoms with Gasteiger partial charge >= 0.3 is 0 Å². The molecule has 0 bridgehead atoms. The highest BCUT2D eigenvalue weighted by molar-refractivity contribution is 5.57. The van der Waals surface area contributed by atoms with Gasteiger partial charge in [-0.2, -0.15) is 0 Å². The lowest BCUT2D eigenvalue weighted by Crippen LogP contribution is -2.15. The lowest BCUT2D eigenvalue weighted by molar-refractivity contribution is 0.311. The van der Waals surface area contributed by atoms with Gasteiger partial charge in [0, 0.05) is 18.8 Å². The highest BCUT2D eigenvalue weighted by Gasteiger charge is 2.05. The number of anilines is 2. The van der Waals surface area contributed by atoms with Crippen LogP contribution in [-0.2, 0) is 0 Å². The molecule has 0 atom stereocenters. The second-order valence-corrected chi connectivity index (χ2v) is 6.29. The van der Waals surface area contributed by atoms with E-state index in [0.29, 0.717) is 5.92 Å². The Morgan fingerprint density at radius 1 is 0.875 bits per heavy atom. The number of rotatable bonds is 10. The number of hydrogen-bond donors (Lipinski definition) is 2. The summed E-state index contributed by atoms with van der Waals surface area (Å²) in [6, 6.07) is 16.7. The van der Waals surface area contributed by atoms with Crippen molar-refractivity contribution >= 4 is 11.4 Å². The maximum absolute atomic E-state index is 5.86. The van der Waals surface area contributed by atoms with Crippen molar-refractivity contribution in [3.05, 3.63) is 54.1 Å². The lowest BCUT2D eigenvalue weighted by atomic mass is 10.0. The molecular weight excluding hydrogens is 296 g/mol. The van der Waals surface area contributed by atoms with Crippen LogP contribution in [0.25, 0.3) is 0 Å². The van der Waals surface area contributed by atoms with Gasteiger partial charge in [-0.05, 0) is 36.1 Å². The first-order valence-corrected chi connectivity index (χ1v) is 9.01. The van der Waals surface area contributed by atoms with Crippen molar-refractivity contribution in [3.63, 3.8) is 0 Å². The molecule has 0 unspecified atom stereocenters. The van der Waals surface area contributed by atoms with Crippen LogP contribution < -0.4 is 15.4 Å². The lowest BCUT2D eigenvalue weighted by Gasteiger charge is -2.16. The average molecular weight is 326 g/mol. The number of para-hydroxylation sites is 3. The third-order valence-electron chi connectivity index (χ3n) is 3.98. The number of benzene rings is 2. The van der Waals surface area contributed by atoms with Crippen molar-refractivity contribution in [3.8, 4) is 5.75 Å². The second-order valence-electron chi connectivity index (χ2n) is 6.29. The van der Waals surface area contributed by atoms with Crippen molar-refractivity contribution in [1.29, 1.82) is 0 Å². The van der Waals surface area contributed by atoms with Gasteiger partial charge in [-0.25, -0.2) is 0 Å². The van der Waals surface area contributed by atoms with E-state index in [1.54, 1.807) is 0 Å². The average Bonchev–Trinajstić information content (AvgIpc) is 2.60. The van der Waals surface area contributed by atoms with Gasteiger partial charge in [0.1, 0.15) is 5.75 Å². The Kier molecular flexibility index (Phi) is 7.47. The number of unbranched alkanes of at least 4 members (excludes halogenated alkanes) is 1. The fourth-order valence-electron chi connectivity index (χ4n) is 2.62. The van der Waals surface area contributed by atoms with Gasteiger partial charge in [0.2, 0.25) is 0 Å². The maximum atomic E-state index is 5.86. The van der Waals surface area contributed by atoms with Crippen LogP contribution in [0, 0.1) is 0 Å². The molecule has 0 aliphatic heterocycles. The molecule has 3 heteroatoms. The summed E-state index contributed by atoms with van der Waals surface area (Å²) in [5, 5.41) is 7.00. The van der Waals surface area contributed by atoms with Gasteiger partial charge < -0.3 is 15.4 Å². The summed E-state index contributed by atoms with van der Waals surface area (Å²) in [6.45, 7) is 9.11. The quantitative estimate of drug-likeness (QED) is 0.565. The molecule has 130 valence electrons. The molecule has 0 amide bonds. The van der Waals surface area contributed by atoms with E-state index in [9.17, 15) is 0 Å². The molecule has 24 heavy (non-hydrogen) atoms. The van der Waals surface area contributed by atoms with Gasteiger partial charge in [0.25, 0.3) is 0 Å². The Hall–Kier alpha value is -2.16. The van der Waals surface area contributed by atoms with Crippen LogP contribution in [0.1, 0.15) is 45.1 Å². The molecule has 0 aliphatic carbocycles. The molecule has 0 radical (unpaired) electrons. The highest BCUT2D eigenvalue weighted by atomic mass is 16.5. The predicted molar refractivity (Wildman–Crippen MR) is 104 cm³/mol. The minimum atomic E-state index is 0.523. The molecule has 0 aliphatic rings. The standard InChI is InChI=1S/C21H30N2O/c1-4-5-16-24-21-13-9-8-12-20(21)23-15-14-22-19-11-7-6-10-18(19)17(2)3/h6-13,17,22-23H,4-5,14-16H2,1-3H3. The fourth-order valence-corrected chi connectivity index (χ4v) is 2.62. The van der Waals surface area contributed by atoms with Gasteiger partial charge in [0.05, 0.1) is 12.3 Å². The molecule has 0 spiro atoms. The van der Waals surface area contributed by atoms with Crippen LogP contribution in [0.3, 0.4) is 0 Å². The fraction of sp³-hybridized carbons (Fsp3) is 0.429. The molecular formula is C21H30N2O. The molecule has 2 N–H and O–H groups in total. The zero-order valence-electron chi connectivity index (χ0n) is 15.1. The van der Waals surface area contributed by atoms with Crippen molar-refractivity contribution < 1.29 is 4.74 Å². The van der Waals surface area contributed by atoms with E-state index in [-0.39, 0.29) is 0 Å². The summed E-state index contributed by atoms with van der Waals surface area (Å²) < 4.78 is 5.86. The van der Waals surface area contributed by atoms with Crippen LogP contribution in [0.15, 0.2) is 48.5 Å². The molecule has 0 saturated carbocycles. The van der Waals surface area contributed by atoms with E-state index in [2.05, 4.69) is 61.7 Å². The minimum Gasteiger partial charge on any atom is -0.491 e. The SMILES string of the molecule is CCCCOc1ccccc1NCCNc1ccccc1C(C)C. The van der Waals surface area contributed by atoms with Crippen molar-refractivity contribution in [2.45, 2.75) is 39.5 Å². The van der Waals surface area contributed by atoms with Gasteiger partial charge in [-0.15, -0.1) is 0 Å². The van der Waals surface area contributed by atoms with Gasteiger partial charge in [0.15, 0.2) is 0 Å². The zero-order chi connectivity index (χ0) is 17.2. The number of nitrogens with one attached hydrogen (secondary N) is 2. The van der Waals surface area contributed by atoms with Crippen molar-refractivity contribution in [1.82, 2.24) is 0 Å². The van der Waals surface area contributed by atoms with Gasteiger partial charge in [-0.3, -0.25) is 0 Å². The first-order valence-electron chi connectivity index (χ1n) is 9.01. The van der Waals surface area contributed by atoms with E-state index in [0.717, 1.165) is 44.0 Å². The summed E-state index contributed by atoms with van der Waals surface area (Å²) in [5.74, 6) is 1.46. The summed E-state index contributed by atoms with van der Waals surface area (Å²) >= 11 is 0. The molecule has 0 heterocycles. The van der Waals surface area contributed by atoms with Crippen LogP contribution in [0.4, 0.5) is 11.4 Å². The van der Waals surface area contributed by atoms with Crippen LogP contribution in [0.5, 0.6) is 5.75 Å². The van der Waals surface area contributed by atoms with Crippen LogP contribution in [-0.4, -0.2) is 19.7 Å². The topological polar surface area (TPSA) is 33.3 Å². The monoisotopic (exact) mass is 326 g/mol. The molecule has 2 aromatic carbocycles. The van der Waals surface area contributed by atoms with Gasteiger partial charge in [-0.1, -0.05) is 57.5 Å². The third-order valence-corrected chi connectivity index (χ3v) is 3.98. The Morgan fingerprint density at radius 2 is 1.50 bits per heavy atom. The Bertz CT molecular complexity index is 610. The molecule has 2 aromatic rings. The minimum absolute atomic E-state index is 0.523. The molecule has 0 aromatic heterocycles. The van der Waals surface area contributed by atoms with E-state index in [1.165, 1.54) is 11.3 Å². The smallest absolute Gasteiger partial charge is 0.142 e. The number of ether oxygens (including phenoxy) is 1. The first kappa shape index (κ1) is 18.2. The summed E-state index contributed by atoms with van der Waals surface area (Å²) in [5.41, 5.74) is 3.65. The summed E-state index contributed by atoms with van der Waals surface area (Å²) in [7, 11) is 0. The second kappa shape index (κ2) is 9.86. The largest absolute Gasteiger partial charge is 0.491 e. The van der Waals surface area contributed by atoms with Crippen LogP contribution >= 0.6 is 0 Å². The Labute approximate surface area is 146 Å². The summed E-state index contributed by atoms with van der Waals surface area (Å²) in [4.78, 5) is 0. The molecule has 0 saturated heterocycles. The van der Waals surface area contributed by atoms with Crippen molar-refractivity contribution in [2.75, 3.05) is 30.3 Å². The van der Waals surface area contributed by atoms with E-state index in [1.807, 2.05) is 18.2 Å². The van der Waals surface area contributed by atoms with Crippen molar-refractivity contribution in [2.24, 2.45) is 0 Å². The normalized spacial score (nSPS) is 10.7. The molecule has 0 fully saturated rings. The third kappa shape index (κ3) is 5.48. The number of hydrogen-bond acceptors (Lipinski definition) is 3. The first-order chi connectivity index (χ1) is 11.7. The zero-order valence-corrected chi connectivity index (χ0v) is 15.1. The van der Waals surface area contributed by atoms with E-state index in [4.69, 9.17) is 4.74 Å². The maximum Gasteiger partial charge on any atom is 0.142 e. The van der Waals surface area contributed by atoms with E-state index < -0.39 is 0 Å².